The first-order valence-electron chi connectivity index (χ1n) is 7.14. The quantitative estimate of drug-likeness (QED) is 0.633. The summed E-state index contributed by atoms with van der Waals surface area (Å²) in [5, 5.41) is 0.353. The third kappa shape index (κ3) is 4.18. The first kappa shape index (κ1) is 15.3. The van der Waals surface area contributed by atoms with Crippen molar-refractivity contribution >= 4 is 17.6 Å². The van der Waals surface area contributed by atoms with Crippen molar-refractivity contribution in [2.45, 2.75) is 38.7 Å². The molecule has 20 heavy (non-hydrogen) atoms. The lowest BCUT2D eigenvalue weighted by atomic mass is 10.1. The van der Waals surface area contributed by atoms with Crippen molar-refractivity contribution in [2.24, 2.45) is 0 Å². The zero-order chi connectivity index (χ0) is 14.5. The number of pyridine rings is 1. The van der Waals surface area contributed by atoms with Crippen LogP contribution in [-0.4, -0.2) is 42.1 Å². The molecule has 0 saturated carbocycles. The number of hydrogen-bond donors (Lipinski definition) is 0. The summed E-state index contributed by atoms with van der Waals surface area (Å²) in [6, 6.07) is 3.37. The van der Waals surface area contributed by atoms with E-state index in [9.17, 15) is 4.79 Å². The minimum atomic E-state index is -0.291. The van der Waals surface area contributed by atoms with Crippen LogP contribution in [0.3, 0.4) is 0 Å². The molecule has 0 radical (unpaired) electrons. The molecule has 1 aliphatic heterocycles. The molecule has 1 aromatic rings. The highest BCUT2D eigenvalue weighted by Gasteiger charge is 2.21. The van der Waals surface area contributed by atoms with Crippen LogP contribution in [0.2, 0.25) is 5.15 Å². The molecule has 2 heterocycles. The monoisotopic (exact) mass is 296 g/mol. The molecule has 0 amide bonds. The lowest BCUT2D eigenvalue weighted by molar-refractivity contribution is 0.0139. The van der Waals surface area contributed by atoms with E-state index in [0.717, 1.165) is 44.5 Å². The van der Waals surface area contributed by atoms with Crippen LogP contribution in [0, 0.1) is 0 Å². The summed E-state index contributed by atoms with van der Waals surface area (Å²) in [5.74, 6) is -0.291. The molecule has 0 unspecified atom stereocenters. The summed E-state index contributed by atoms with van der Waals surface area (Å²) in [6.07, 6.45) is 3.58. The van der Waals surface area contributed by atoms with Gasteiger partial charge in [-0.1, -0.05) is 24.9 Å². The summed E-state index contributed by atoms with van der Waals surface area (Å²) in [5.41, 5.74) is 1.35. The Balaban J connectivity index is 2.01. The van der Waals surface area contributed by atoms with Crippen LogP contribution >= 0.6 is 11.6 Å². The van der Waals surface area contributed by atoms with E-state index in [0.29, 0.717) is 10.7 Å². The van der Waals surface area contributed by atoms with Gasteiger partial charge in [0.1, 0.15) is 11.3 Å². The van der Waals surface area contributed by atoms with E-state index in [2.05, 4.69) is 23.9 Å². The molecule has 0 spiro atoms. The first-order valence-corrected chi connectivity index (χ1v) is 7.52. The van der Waals surface area contributed by atoms with Crippen LogP contribution in [0.15, 0.2) is 12.1 Å². The lowest BCUT2D eigenvalue weighted by Crippen LogP contribution is -2.35. The number of ether oxygens (including phenoxy) is 1. The zero-order valence-electron chi connectivity index (χ0n) is 12.1. The normalized spacial score (nSPS) is 17.1. The highest BCUT2D eigenvalue weighted by atomic mass is 35.5. The van der Waals surface area contributed by atoms with E-state index in [1.807, 2.05) is 0 Å². The topological polar surface area (TPSA) is 42.4 Å². The average molecular weight is 297 g/mol. The lowest BCUT2D eigenvalue weighted by Gasteiger charge is -2.28. The molecule has 1 aromatic heterocycles. The van der Waals surface area contributed by atoms with Gasteiger partial charge in [0.2, 0.25) is 0 Å². The molecule has 2 rings (SSSR count). The molecule has 4 nitrogen and oxygen atoms in total. The molecule has 0 aromatic carbocycles. The number of rotatable bonds is 4. The number of esters is 1. The molecular formula is C15H21ClN2O2. The van der Waals surface area contributed by atoms with Gasteiger partial charge in [-0.05, 0) is 38.4 Å². The number of aromatic nitrogens is 1. The van der Waals surface area contributed by atoms with Crippen molar-refractivity contribution in [3.63, 3.8) is 0 Å². The van der Waals surface area contributed by atoms with Gasteiger partial charge in [0, 0.05) is 18.8 Å². The number of halogens is 1. The predicted octanol–water partition coefficient (Wildman–Crippen LogP) is 2.94. The third-order valence-corrected chi connectivity index (χ3v) is 3.72. The van der Waals surface area contributed by atoms with Crippen LogP contribution in [0.4, 0.5) is 0 Å². The number of carbonyl (C=O) groups is 1. The van der Waals surface area contributed by atoms with Crippen molar-refractivity contribution < 1.29 is 9.53 Å². The molecule has 1 aliphatic rings. The van der Waals surface area contributed by atoms with E-state index < -0.39 is 0 Å². The highest BCUT2D eigenvalue weighted by molar-refractivity contribution is 6.29. The minimum Gasteiger partial charge on any atom is -0.459 e. The number of likely N-dealkylation sites (tertiary alicyclic amines) is 1. The number of nitrogens with zero attached hydrogens (tertiary/aromatic N) is 2. The number of carbonyl (C=O) groups excluding carboxylic acids is 1. The Hall–Kier alpha value is -1.13. The summed E-state index contributed by atoms with van der Waals surface area (Å²) in [6.45, 7) is 4.01. The van der Waals surface area contributed by atoms with Gasteiger partial charge >= 0.3 is 5.97 Å². The largest absolute Gasteiger partial charge is 0.459 e. The maximum Gasteiger partial charge on any atom is 0.338 e. The Kier molecular flexibility index (Phi) is 5.38. The molecule has 0 bridgehead atoms. The smallest absolute Gasteiger partial charge is 0.338 e. The SMILES string of the molecule is CCCc1cc(C(=O)OC2CCN(C)CC2)cc(Cl)n1. The second kappa shape index (κ2) is 7.04. The maximum atomic E-state index is 12.2. The fourth-order valence-electron chi connectivity index (χ4n) is 2.38. The van der Waals surface area contributed by atoms with E-state index in [1.165, 1.54) is 0 Å². The second-order valence-electron chi connectivity index (χ2n) is 5.33. The maximum absolute atomic E-state index is 12.2. The zero-order valence-corrected chi connectivity index (χ0v) is 12.8. The van der Waals surface area contributed by atoms with Gasteiger partial charge in [0.25, 0.3) is 0 Å². The van der Waals surface area contributed by atoms with Gasteiger partial charge in [0.15, 0.2) is 0 Å². The van der Waals surface area contributed by atoms with Gasteiger partial charge in [0.05, 0.1) is 5.56 Å². The van der Waals surface area contributed by atoms with Crippen molar-refractivity contribution in [2.75, 3.05) is 20.1 Å². The second-order valence-corrected chi connectivity index (χ2v) is 5.72. The Morgan fingerprint density at radius 3 is 2.80 bits per heavy atom. The van der Waals surface area contributed by atoms with Crippen LogP contribution in [0.25, 0.3) is 0 Å². The van der Waals surface area contributed by atoms with Crippen LogP contribution < -0.4 is 0 Å². The summed E-state index contributed by atoms with van der Waals surface area (Å²) in [7, 11) is 2.08. The Bertz CT molecular complexity index is 471. The highest BCUT2D eigenvalue weighted by Crippen LogP contribution is 2.17. The molecule has 0 N–H and O–H groups in total. The van der Waals surface area contributed by atoms with Crippen LogP contribution in [0.5, 0.6) is 0 Å². The number of aryl methyl sites for hydroxylation is 1. The molecule has 1 saturated heterocycles. The van der Waals surface area contributed by atoms with E-state index in [-0.39, 0.29) is 12.1 Å². The molecular weight excluding hydrogens is 276 g/mol. The van der Waals surface area contributed by atoms with Gasteiger partial charge < -0.3 is 9.64 Å². The summed E-state index contributed by atoms with van der Waals surface area (Å²) < 4.78 is 5.56. The van der Waals surface area contributed by atoms with Crippen molar-refractivity contribution in [3.8, 4) is 0 Å². The van der Waals surface area contributed by atoms with Crippen LogP contribution in [0.1, 0.15) is 42.2 Å². The average Bonchev–Trinajstić information content (AvgIpc) is 2.41. The van der Waals surface area contributed by atoms with Crippen molar-refractivity contribution in [3.05, 3.63) is 28.5 Å². The number of hydrogen-bond acceptors (Lipinski definition) is 4. The molecule has 5 heteroatoms. The first-order chi connectivity index (χ1) is 9.58. The van der Waals surface area contributed by atoms with Gasteiger partial charge in [-0.3, -0.25) is 0 Å². The van der Waals surface area contributed by atoms with Gasteiger partial charge in [-0.15, -0.1) is 0 Å². The molecule has 0 atom stereocenters. The fraction of sp³-hybridized carbons (Fsp3) is 0.600. The van der Waals surface area contributed by atoms with Crippen LogP contribution in [-0.2, 0) is 11.2 Å². The number of piperidine rings is 1. The van der Waals surface area contributed by atoms with E-state index in [1.54, 1.807) is 12.1 Å². The van der Waals surface area contributed by atoms with Crippen molar-refractivity contribution in [1.29, 1.82) is 0 Å². The summed E-state index contributed by atoms with van der Waals surface area (Å²) in [4.78, 5) is 18.6. The Labute approximate surface area is 125 Å². The standard InChI is InChI=1S/C15H21ClN2O2/c1-3-4-12-9-11(10-14(16)17-12)15(19)20-13-5-7-18(2)8-6-13/h9-10,13H,3-8H2,1-2H3. The van der Waals surface area contributed by atoms with Gasteiger partial charge in [-0.2, -0.15) is 0 Å². The van der Waals surface area contributed by atoms with E-state index >= 15 is 0 Å². The Morgan fingerprint density at radius 2 is 2.15 bits per heavy atom. The molecule has 0 aliphatic carbocycles. The predicted molar refractivity (Wildman–Crippen MR) is 79.2 cm³/mol. The van der Waals surface area contributed by atoms with Crippen molar-refractivity contribution in [1.82, 2.24) is 9.88 Å². The molecule has 1 fully saturated rings. The summed E-state index contributed by atoms with van der Waals surface area (Å²) >= 11 is 5.97. The van der Waals surface area contributed by atoms with Gasteiger partial charge in [-0.25, -0.2) is 9.78 Å². The fourth-order valence-corrected chi connectivity index (χ4v) is 2.60. The minimum absolute atomic E-state index is 0.0141. The molecule has 110 valence electrons. The Morgan fingerprint density at radius 1 is 1.45 bits per heavy atom. The van der Waals surface area contributed by atoms with E-state index in [4.69, 9.17) is 16.3 Å². The third-order valence-electron chi connectivity index (χ3n) is 3.53.